The van der Waals surface area contributed by atoms with Gasteiger partial charge in [-0.25, -0.2) is 4.79 Å². The second-order valence-electron chi connectivity index (χ2n) is 4.15. The summed E-state index contributed by atoms with van der Waals surface area (Å²) in [4.78, 5) is 14.3. The van der Waals surface area contributed by atoms with Gasteiger partial charge >= 0.3 is 12.2 Å². The number of anilines is 1. The van der Waals surface area contributed by atoms with Crippen molar-refractivity contribution in [3.05, 3.63) is 30.0 Å². The van der Waals surface area contributed by atoms with Crippen LogP contribution in [0.25, 0.3) is 10.9 Å². The normalized spacial score (nSPS) is 11.6. The van der Waals surface area contributed by atoms with Crippen molar-refractivity contribution in [2.45, 2.75) is 13.1 Å². The topological polar surface area (TPSA) is 56.9 Å². The number of amides is 2. The molecule has 7 heteroatoms. The van der Waals surface area contributed by atoms with Crippen molar-refractivity contribution in [3.8, 4) is 0 Å². The maximum absolute atomic E-state index is 12.0. The highest BCUT2D eigenvalue weighted by Gasteiger charge is 2.27. The van der Waals surface area contributed by atoms with E-state index in [1.165, 1.54) is 0 Å². The second kappa shape index (κ2) is 4.83. The van der Waals surface area contributed by atoms with Crippen LogP contribution >= 0.6 is 0 Å². The summed E-state index contributed by atoms with van der Waals surface area (Å²) in [5.41, 5.74) is 2.04. The number of aryl methyl sites for hydroxylation is 1. The number of carbonyl (C=O) groups excluding carboxylic acids is 1. The van der Waals surface area contributed by atoms with Gasteiger partial charge in [0, 0.05) is 17.4 Å². The van der Waals surface area contributed by atoms with Crippen LogP contribution in [-0.4, -0.2) is 23.7 Å². The number of carbonyl (C=O) groups is 1. The number of nitrogens with one attached hydrogen (secondary N) is 3. The molecule has 0 atom stereocenters. The molecule has 0 bridgehead atoms. The maximum Gasteiger partial charge on any atom is 0.405 e. The van der Waals surface area contributed by atoms with Gasteiger partial charge in [0.15, 0.2) is 0 Å². The average molecular weight is 271 g/mol. The van der Waals surface area contributed by atoms with Gasteiger partial charge in [-0.1, -0.05) is 0 Å². The summed E-state index contributed by atoms with van der Waals surface area (Å²) < 4.78 is 35.9. The summed E-state index contributed by atoms with van der Waals surface area (Å²) >= 11 is 0. The van der Waals surface area contributed by atoms with Crippen molar-refractivity contribution in [1.29, 1.82) is 0 Å². The Morgan fingerprint density at radius 2 is 2.11 bits per heavy atom. The highest BCUT2D eigenvalue weighted by Crippen LogP contribution is 2.22. The molecule has 4 nitrogen and oxygen atoms in total. The quantitative estimate of drug-likeness (QED) is 0.772. The van der Waals surface area contributed by atoms with E-state index in [1.807, 2.05) is 12.1 Å². The number of aromatic nitrogens is 1. The van der Waals surface area contributed by atoms with E-state index in [-0.39, 0.29) is 0 Å². The first-order chi connectivity index (χ1) is 8.85. The minimum Gasteiger partial charge on any atom is -0.361 e. The third-order valence-electron chi connectivity index (χ3n) is 2.60. The van der Waals surface area contributed by atoms with Crippen LogP contribution < -0.4 is 10.6 Å². The van der Waals surface area contributed by atoms with E-state index in [9.17, 15) is 18.0 Å². The lowest BCUT2D eigenvalue weighted by Crippen LogP contribution is -2.36. The molecule has 2 amide bonds. The molecule has 0 unspecified atom stereocenters. The fraction of sp³-hybridized carbons (Fsp3) is 0.250. The van der Waals surface area contributed by atoms with E-state index in [1.54, 1.807) is 24.5 Å². The van der Waals surface area contributed by atoms with Crippen LogP contribution in [0.1, 0.15) is 5.56 Å². The molecule has 0 aliphatic carbocycles. The standard InChI is InChI=1S/C12H12F3N3O/c1-7-4-8-2-3-16-10(8)5-9(7)18-11(19)17-6-12(13,14)15/h2-5,16H,6H2,1H3,(H2,17,18,19). The minimum atomic E-state index is -4.42. The van der Waals surface area contributed by atoms with Crippen molar-refractivity contribution >= 4 is 22.6 Å². The van der Waals surface area contributed by atoms with Crippen molar-refractivity contribution in [1.82, 2.24) is 10.3 Å². The number of rotatable bonds is 2. The first kappa shape index (κ1) is 13.3. The van der Waals surface area contributed by atoms with Crippen LogP contribution in [0.5, 0.6) is 0 Å². The van der Waals surface area contributed by atoms with E-state index in [0.717, 1.165) is 16.5 Å². The Morgan fingerprint density at radius 1 is 1.37 bits per heavy atom. The van der Waals surface area contributed by atoms with E-state index in [4.69, 9.17) is 0 Å². The van der Waals surface area contributed by atoms with Crippen LogP contribution in [-0.2, 0) is 0 Å². The summed E-state index contributed by atoms with van der Waals surface area (Å²) in [7, 11) is 0. The van der Waals surface area contributed by atoms with Crippen LogP contribution in [0.3, 0.4) is 0 Å². The number of halogens is 3. The number of hydrogen-bond acceptors (Lipinski definition) is 1. The van der Waals surface area contributed by atoms with Gasteiger partial charge < -0.3 is 15.6 Å². The minimum absolute atomic E-state index is 0.467. The summed E-state index contributed by atoms with van der Waals surface area (Å²) in [6, 6.07) is 4.50. The van der Waals surface area contributed by atoms with Crippen LogP contribution in [0, 0.1) is 6.92 Å². The van der Waals surface area contributed by atoms with Gasteiger partial charge in [0.25, 0.3) is 0 Å². The second-order valence-corrected chi connectivity index (χ2v) is 4.15. The molecule has 0 aliphatic heterocycles. The molecule has 102 valence electrons. The Hall–Kier alpha value is -2.18. The average Bonchev–Trinajstić information content (AvgIpc) is 2.73. The van der Waals surface area contributed by atoms with Crippen molar-refractivity contribution in [2.24, 2.45) is 0 Å². The van der Waals surface area contributed by atoms with Crippen LogP contribution in [0.15, 0.2) is 24.4 Å². The molecule has 1 aromatic carbocycles. The van der Waals surface area contributed by atoms with E-state index in [2.05, 4.69) is 10.3 Å². The first-order valence-corrected chi connectivity index (χ1v) is 5.54. The molecule has 0 fully saturated rings. The first-order valence-electron chi connectivity index (χ1n) is 5.54. The SMILES string of the molecule is Cc1cc2cc[nH]c2cc1NC(=O)NCC(F)(F)F. The zero-order chi connectivity index (χ0) is 14.0. The fourth-order valence-electron chi connectivity index (χ4n) is 1.70. The van der Waals surface area contributed by atoms with Gasteiger partial charge in [0.05, 0.1) is 0 Å². The molecule has 0 radical (unpaired) electrons. The maximum atomic E-state index is 12.0. The molecule has 2 aromatic rings. The number of urea groups is 1. The Bertz CT molecular complexity index is 604. The number of benzene rings is 1. The predicted molar refractivity (Wildman–Crippen MR) is 66.1 cm³/mol. The lowest BCUT2D eigenvalue weighted by Gasteiger charge is -2.11. The number of hydrogen-bond donors (Lipinski definition) is 3. The predicted octanol–water partition coefficient (Wildman–Crippen LogP) is 3.16. The Morgan fingerprint density at radius 3 is 2.79 bits per heavy atom. The zero-order valence-corrected chi connectivity index (χ0v) is 10.1. The highest BCUT2D eigenvalue weighted by atomic mass is 19.4. The fourth-order valence-corrected chi connectivity index (χ4v) is 1.70. The van der Waals surface area contributed by atoms with Crippen molar-refractivity contribution in [3.63, 3.8) is 0 Å². The molecular weight excluding hydrogens is 259 g/mol. The monoisotopic (exact) mass is 271 g/mol. The summed E-state index contributed by atoms with van der Waals surface area (Å²) in [5, 5.41) is 5.12. The summed E-state index contributed by atoms with van der Waals surface area (Å²) in [6.45, 7) is 0.411. The number of alkyl halides is 3. The summed E-state index contributed by atoms with van der Waals surface area (Å²) in [5.74, 6) is 0. The van der Waals surface area contributed by atoms with Gasteiger partial charge in [-0.05, 0) is 36.1 Å². The van der Waals surface area contributed by atoms with Gasteiger partial charge in [0.1, 0.15) is 6.54 Å². The van der Waals surface area contributed by atoms with Crippen molar-refractivity contribution < 1.29 is 18.0 Å². The van der Waals surface area contributed by atoms with Crippen molar-refractivity contribution in [2.75, 3.05) is 11.9 Å². The molecule has 19 heavy (non-hydrogen) atoms. The lowest BCUT2D eigenvalue weighted by atomic mass is 10.1. The Labute approximate surface area is 107 Å². The smallest absolute Gasteiger partial charge is 0.361 e. The molecule has 0 saturated carbocycles. The third kappa shape index (κ3) is 3.40. The molecule has 0 spiro atoms. The van der Waals surface area contributed by atoms with Gasteiger partial charge in [-0.3, -0.25) is 0 Å². The molecular formula is C12H12F3N3O. The van der Waals surface area contributed by atoms with Crippen LogP contribution in [0.2, 0.25) is 0 Å². The Balaban J connectivity index is 2.08. The highest BCUT2D eigenvalue weighted by molar-refractivity contribution is 5.94. The number of aromatic amines is 1. The molecule has 0 saturated heterocycles. The molecule has 1 heterocycles. The van der Waals surface area contributed by atoms with Gasteiger partial charge in [-0.15, -0.1) is 0 Å². The Kier molecular flexibility index (Phi) is 3.37. The number of fused-ring (bicyclic) bond motifs is 1. The zero-order valence-electron chi connectivity index (χ0n) is 10.1. The molecule has 3 N–H and O–H groups in total. The van der Waals surface area contributed by atoms with E-state index < -0.39 is 18.8 Å². The molecule has 0 aliphatic rings. The summed E-state index contributed by atoms with van der Waals surface area (Å²) in [6.07, 6.45) is -2.67. The van der Waals surface area contributed by atoms with Gasteiger partial charge in [0.2, 0.25) is 0 Å². The van der Waals surface area contributed by atoms with Gasteiger partial charge in [-0.2, -0.15) is 13.2 Å². The number of H-pyrrole nitrogens is 1. The van der Waals surface area contributed by atoms with Crippen LogP contribution in [0.4, 0.5) is 23.7 Å². The molecule has 2 rings (SSSR count). The lowest BCUT2D eigenvalue weighted by molar-refractivity contribution is -0.122. The third-order valence-corrected chi connectivity index (χ3v) is 2.60. The van der Waals surface area contributed by atoms with E-state index in [0.29, 0.717) is 5.69 Å². The molecule has 1 aromatic heterocycles. The largest absolute Gasteiger partial charge is 0.405 e. The van der Waals surface area contributed by atoms with E-state index >= 15 is 0 Å².